The molecule has 5 amide bonds. The summed E-state index contributed by atoms with van der Waals surface area (Å²) in [5.41, 5.74) is -0.750. The number of likely N-dealkylation sites (N-methyl/N-ethyl adjacent to an activating group) is 1. The van der Waals surface area contributed by atoms with Crippen molar-refractivity contribution in [2.24, 2.45) is 0 Å². The van der Waals surface area contributed by atoms with Crippen LogP contribution >= 0.6 is 0 Å². The first-order valence-corrected chi connectivity index (χ1v) is 9.21. The van der Waals surface area contributed by atoms with Crippen LogP contribution in [0.1, 0.15) is 45.4 Å². The van der Waals surface area contributed by atoms with E-state index in [1.807, 2.05) is 0 Å². The van der Waals surface area contributed by atoms with E-state index in [1.54, 1.807) is 6.92 Å². The predicted octanol–water partition coefficient (Wildman–Crippen LogP) is -0.573. The molecule has 0 radical (unpaired) electrons. The molecule has 0 bridgehead atoms. The van der Waals surface area contributed by atoms with E-state index in [1.165, 1.54) is 0 Å². The van der Waals surface area contributed by atoms with Gasteiger partial charge in [-0.05, 0) is 26.2 Å². The summed E-state index contributed by atoms with van der Waals surface area (Å²) >= 11 is 0. The lowest BCUT2D eigenvalue weighted by molar-refractivity contribution is -0.148. The van der Waals surface area contributed by atoms with Crippen molar-refractivity contribution in [2.75, 3.05) is 26.2 Å². The normalized spacial score (nSPS) is 17.7. The van der Waals surface area contributed by atoms with Gasteiger partial charge in [-0.25, -0.2) is 4.79 Å². The topological polar surface area (TPSA) is 134 Å². The highest BCUT2D eigenvalue weighted by atomic mass is 16.5. The molecule has 2 rings (SSSR count). The van der Waals surface area contributed by atoms with Crippen LogP contribution in [0.15, 0.2) is 0 Å². The Morgan fingerprint density at radius 2 is 1.85 bits per heavy atom. The molecule has 10 nitrogen and oxygen atoms in total. The van der Waals surface area contributed by atoms with E-state index < -0.39 is 30.1 Å². The van der Waals surface area contributed by atoms with Crippen molar-refractivity contribution >= 4 is 29.7 Å². The molecule has 150 valence electrons. The van der Waals surface area contributed by atoms with E-state index >= 15 is 0 Å². The van der Waals surface area contributed by atoms with Gasteiger partial charge >= 0.3 is 12.0 Å². The van der Waals surface area contributed by atoms with Gasteiger partial charge in [-0.2, -0.15) is 0 Å². The van der Waals surface area contributed by atoms with Gasteiger partial charge in [0.1, 0.15) is 5.54 Å². The molecule has 0 aromatic carbocycles. The second-order valence-electron chi connectivity index (χ2n) is 6.67. The third-order valence-corrected chi connectivity index (χ3v) is 4.65. The van der Waals surface area contributed by atoms with Crippen molar-refractivity contribution < 1.29 is 28.7 Å². The second kappa shape index (κ2) is 9.33. The fourth-order valence-corrected chi connectivity index (χ4v) is 3.29. The molecular weight excluding hydrogens is 356 g/mol. The molecular formula is C17H26N4O6. The van der Waals surface area contributed by atoms with Crippen molar-refractivity contribution in [3.63, 3.8) is 0 Å². The number of carbonyl (C=O) groups is 5. The van der Waals surface area contributed by atoms with Crippen LogP contribution in [0.2, 0.25) is 0 Å². The Bertz CT molecular complexity index is 615. The number of hydrogen-bond donors (Lipinski definition) is 3. The number of esters is 1. The molecule has 2 fully saturated rings. The summed E-state index contributed by atoms with van der Waals surface area (Å²) in [6.07, 6.45) is 3.37. The van der Waals surface area contributed by atoms with Gasteiger partial charge in [0.05, 0.1) is 6.54 Å². The predicted molar refractivity (Wildman–Crippen MR) is 93.3 cm³/mol. The fourth-order valence-electron chi connectivity index (χ4n) is 3.29. The van der Waals surface area contributed by atoms with Gasteiger partial charge in [-0.3, -0.25) is 24.1 Å². The molecule has 1 aliphatic carbocycles. The first-order chi connectivity index (χ1) is 12.9. The number of amides is 5. The van der Waals surface area contributed by atoms with Crippen LogP contribution in [0.25, 0.3) is 0 Å². The Kier molecular flexibility index (Phi) is 7.14. The fraction of sp³-hybridized carbons (Fsp3) is 0.706. The van der Waals surface area contributed by atoms with Crippen LogP contribution in [0, 0.1) is 0 Å². The molecule has 1 saturated carbocycles. The number of rotatable bonds is 9. The van der Waals surface area contributed by atoms with Crippen LogP contribution in [-0.4, -0.2) is 66.4 Å². The maximum absolute atomic E-state index is 12.4. The van der Waals surface area contributed by atoms with Gasteiger partial charge in [-0.15, -0.1) is 0 Å². The third-order valence-electron chi connectivity index (χ3n) is 4.65. The Morgan fingerprint density at radius 3 is 2.52 bits per heavy atom. The average Bonchev–Trinajstić information content (AvgIpc) is 3.19. The number of ether oxygens (including phenoxy) is 1. The molecule has 0 aromatic heterocycles. The minimum absolute atomic E-state index is 0.0202. The SMILES string of the molecule is CCNC(=O)CNC(=O)COC(=O)CCCN1C(=O)NC2(CCCC2)C1=O. The summed E-state index contributed by atoms with van der Waals surface area (Å²) in [5.74, 6) is -1.73. The summed E-state index contributed by atoms with van der Waals surface area (Å²) in [7, 11) is 0. The molecule has 0 atom stereocenters. The lowest BCUT2D eigenvalue weighted by Gasteiger charge is -2.19. The highest BCUT2D eigenvalue weighted by molar-refractivity contribution is 6.07. The Labute approximate surface area is 157 Å². The van der Waals surface area contributed by atoms with E-state index in [0.29, 0.717) is 19.4 Å². The number of imide groups is 1. The second-order valence-corrected chi connectivity index (χ2v) is 6.67. The summed E-state index contributed by atoms with van der Waals surface area (Å²) in [4.78, 5) is 60.0. The average molecular weight is 382 g/mol. The zero-order chi connectivity index (χ0) is 19.9. The van der Waals surface area contributed by atoms with Gasteiger partial charge in [0.15, 0.2) is 6.61 Å². The lowest BCUT2D eigenvalue weighted by Crippen LogP contribution is -2.44. The molecule has 1 aliphatic heterocycles. The largest absolute Gasteiger partial charge is 0.456 e. The zero-order valence-corrected chi connectivity index (χ0v) is 15.5. The van der Waals surface area contributed by atoms with Crippen LogP contribution < -0.4 is 16.0 Å². The van der Waals surface area contributed by atoms with Gasteiger partial charge in [0.2, 0.25) is 5.91 Å². The van der Waals surface area contributed by atoms with Crippen LogP contribution in [0.3, 0.4) is 0 Å². The van der Waals surface area contributed by atoms with Gasteiger partial charge in [-0.1, -0.05) is 12.8 Å². The summed E-state index contributed by atoms with van der Waals surface area (Å²) in [6.45, 7) is 1.68. The van der Waals surface area contributed by atoms with Crippen LogP contribution in [-0.2, 0) is 23.9 Å². The maximum Gasteiger partial charge on any atom is 0.325 e. The third kappa shape index (κ3) is 5.41. The Hall–Kier alpha value is -2.65. The summed E-state index contributed by atoms with van der Waals surface area (Å²) in [5, 5.41) is 7.62. The molecule has 0 aromatic rings. The minimum Gasteiger partial charge on any atom is -0.456 e. The van der Waals surface area contributed by atoms with E-state index in [0.717, 1.165) is 17.7 Å². The first kappa shape index (κ1) is 20.7. The highest BCUT2D eigenvalue weighted by Crippen LogP contribution is 2.35. The lowest BCUT2D eigenvalue weighted by atomic mass is 9.98. The van der Waals surface area contributed by atoms with E-state index in [9.17, 15) is 24.0 Å². The molecule has 1 spiro atoms. The van der Waals surface area contributed by atoms with Crippen molar-refractivity contribution in [1.82, 2.24) is 20.9 Å². The molecule has 1 heterocycles. The molecule has 0 unspecified atom stereocenters. The number of nitrogens with one attached hydrogen (secondary N) is 3. The maximum atomic E-state index is 12.4. The van der Waals surface area contributed by atoms with Crippen LogP contribution in [0.5, 0.6) is 0 Å². The van der Waals surface area contributed by atoms with E-state index in [-0.39, 0.29) is 37.7 Å². The van der Waals surface area contributed by atoms with Crippen molar-refractivity contribution in [2.45, 2.75) is 51.0 Å². The minimum atomic E-state index is -0.750. The molecule has 27 heavy (non-hydrogen) atoms. The van der Waals surface area contributed by atoms with Gasteiger partial charge in [0.25, 0.3) is 11.8 Å². The monoisotopic (exact) mass is 382 g/mol. The molecule has 2 aliphatic rings. The smallest absolute Gasteiger partial charge is 0.325 e. The molecule has 10 heteroatoms. The van der Waals surface area contributed by atoms with Crippen molar-refractivity contribution in [3.8, 4) is 0 Å². The van der Waals surface area contributed by atoms with Crippen molar-refractivity contribution in [1.29, 1.82) is 0 Å². The number of carbonyl (C=O) groups excluding carboxylic acids is 5. The summed E-state index contributed by atoms with van der Waals surface area (Å²) < 4.78 is 4.82. The molecule has 3 N–H and O–H groups in total. The molecule has 1 saturated heterocycles. The Morgan fingerprint density at radius 1 is 1.15 bits per heavy atom. The van der Waals surface area contributed by atoms with Crippen molar-refractivity contribution in [3.05, 3.63) is 0 Å². The number of urea groups is 1. The van der Waals surface area contributed by atoms with Gasteiger partial charge < -0.3 is 20.7 Å². The van der Waals surface area contributed by atoms with E-state index in [4.69, 9.17) is 4.74 Å². The highest BCUT2D eigenvalue weighted by Gasteiger charge is 2.52. The Balaban J connectivity index is 1.63. The quantitative estimate of drug-likeness (QED) is 0.361. The standard InChI is InChI=1S/C17H26N4O6/c1-2-18-12(22)10-19-13(23)11-27-14(24)6-5-9-21-15(25)17(20-16(21)26)7-3-4-8-17/h2-11H2,1H3,(H,18,22)(H,19,23)(H,20,26). The van der Waals surface area contributed by atoms with Crippen LogP contribution in [0.4, 0.5) is 4.79 Å². The zero-order valence-electron chi connectivity index (χ0n) is 15.5. The number of nitrogens with zero attached hydrogens (tertiary/aromatic N) is 1. The van der Waals surface area contributed by atoms with Gasteiger partial charge in [0, 0.05) is 19.5 Å². The van der Waals surface area contributed by atoms with E-state index in [2.05, 4.69) is 16.0 Å². The first-order valence-electron chi connectivity index (χ1n) is 9.21. The number of hydrogen-bond acceptors (Lipinski definition) is 6. The summed E-state index contributed by atoms with van der Waals surface area (Å²) in [6, 6.07) is -0.417.